The van der Waals surface area contributed by atoms with Gasteiger partial charge in [0, 0.05) is 5.92 Å². The average molecular weight is 381 g/mol. The highest BCUT2D eigenvalue weighted by Gasteiger charge is 2.40. The van der Waals surface area contributed by atoms with Gasteiger partial charge >= 0.3 is 6.18 Å². The van der Waals surface area contributed by atoms with Crippen molar-refractivity contribution in [2.24, 2.45) is 11.1 Å². The van der Waals surface area contributed by atoms with Crippen LogP contribution in [0.3, 0.4) is 0 Å². The molecule has 0 heterocycles. The van der Waals surface area contributed by atoms with Crippen molar-refractivity contribution in [1.82, 2.24) is 0 Å². The van der Waals surface area contributed by atoms with Gasteiger partial charge in [0.25, 0.3) is 0 Å². The number of oxime groups is 1. The fourth-order valence-corrected chi connectivity index (χ4v) is 2.91. The second-order valence-electron chi connectivity index (χ2n) is 6.44. The quantitative estimate of drug-likeness (QED) is 0.278. The van der Waals surface area contributed by atoms with Gasteiger partial charge in [-0.1, -0.05) is 23.4 Å². The van der Waals surface area contributed by atoms with Crippen molar-refractivity contribution in [2.75, 3.05) is 13.2 Å². The Morgan fingerprint density at radius 3 is 2.56 bits per heavy atom. The molecule has 27 heavy (non-hydrogen) atoms. The van der Waals surface area contributed by atoms with Gasteiger partial charge in [0.15, 0.2) is 6.61 Å². The van der Waals surface area contributed by atoms with E-state index in [1.54, 1.807) is 12.1 Å². The highest BCUT2D eigenvalue weighted by molar-refractivity contribution is 5.87. The lowest BCUT2D eigenvalue weighted by molar-refractivity contribution is -0.137. The third-order valence-electron chi connectivity index (χ3n) is 4.44. The summed E-state index contributed by atoms with van der Waals surface area (Å²) in [7, 11) is 0. The minimum Gasteiger partial charge on any atom is -0.490 e. The molecular weight excluding hydrogens is 362 g/mol. The van der Waals surface area contributed by atoms with Gasteiger partial charge in [-0.15, -0.1) is 0 Å². The van der Waals surface area contributed by atoms with E-state index in [9.17, 15) is 17.6 Å². The fourth-order valence-electron chi connectivity index (χ4n) is 2.91. The minimum absolute atomic E-state index is 0.0874. The second-order valence-corrected chi connectivity index (χ2v) is 6.44. The number of alkyl halides is 3. The number of rotatable bonds is 7. The fraction of sp³-hybridized carbons (Fsp3) is 0.350. The molecule has 7 heteroatoms. The van der Waals surface area contributed by atoms with Crippen molar-refractivity contribution in [2.45, 2.75) is 25.4 Å². The van der Waals surface area contributed by atoms with Crippen molar-refractivity contribution in [3.63, 3.8) is 0 Å². The van der Waals surface area contributed by atoms with Gasteiger partial charge in [-0.3, -0.25) is 0 Å². The van der Waals surface area contributed by atoms with Crippen LogP contribution in [0.1, 0.15) is 30.4 Å². The van der Waals surface area contributed by atoms with Crippen LogP contribution in [0.25, 0.3) is 0 Å². The molecule has 0 spiro atoms. The monoisotopic (exact) mass is 381 g/mol. The van der Waals surface area contributed by atoms with E-state index in [4.69, 9.17) is 9.57 Å². The van der Waals surface area contributed by atoms with Gasteiger partial charge in [-0.2, -0.15) is 13.2 Å². The Labute approximate surface area is 154 Å². The Hall–Kier alpha value is -2.57. The van der Waals surface area contributed by atoms with Crippen molar-refractivity contribution in [1.29, 1.82) is 0 Å². The molecule has 1 aliphatic carbocycles. The smallest absolute Gasteiger partial charge is 0.416 e. The van der Waals surface area contributed by atoms with Crippen LogP contribution >= 0.6 is 0 Å². The molecule has 0 N–H and O–H groups in total. The van der Waals surface area contributed by atoms with E-state index >= 15 is 0 Å². The van der Waals surface area contributed by atoms with Crippen LogP contribution in [-0.2, 0) is 11.0 Å². The Balaban J connectivity index is 1.42. The summed E-state index contributed by atoms with van der Waals surface area (Å²) in [4.78, 5) is 5.20. The molecule has 2 aromatic rings. The van der Waals surface area contributed by atoms with Gasteiger partial charge in [0.2, 0.25) is 0 Å². The Morgan fingerprint density at radius 2 is 1.85 bits per heavy atom. The molecule has 1 saturated carbocycles. The summed E-state index contributed by atoms with van der Waals surface area (Å²) in [5.74, 6) is 0.456. The average Bonchev–Trinajstić information content (AvgIpc) is 3.42. The zero-order valence-electron chi connectivity index (χ0n) is 14.7. The van der Waals surface area contributed by atoms with Crippen LogP contribution < -0.4 is 4.74 Å². The Kier molecular flexibility index (Phi) is 5.68. The van der Waals surface area contributed by atoms with Crippen LogP contribution in [0.15, 0.2) is 53.7 Å². The van der Waals surface area contributed by atoms with Gasteiger partial charge < -0.3 is 9.57 Å². The lowest BCUT2D eigenvalue weighted by Crippen LogP contribution is -2.08. The number of hydrogen-bond donors (Lipinski definition) is 0. The van der Waals surface area contributed by atoms with Crippen molar-refractivity contribution >= 4 is 5.71 Å². The van der Waals surface area contributed by atoms with Gasteiger partial charge in [-0.05, 0) is 55.2 Å². The first-order valence-corrected chi connectivity index (χ1v) is 8.56. The van der Waals surface area contributed by atoms with Crippen LogP contribution in [0, 0.1) is 11.7 Å². The molecule has 1 aliphatic rings. The lowest BCUT2D eigenvalue weighted by atomic mass is 10.1. The van der Waals surface area contributed by atoms with Crippen LogP contribution in [-0.4, -0.2) is 18.9 Å². The summed E-state index contributed by atoms with van der Waals surface area (Å²) in [5.41, 5.74) is 1.16. The summed E-state index contributed by atoms with van der Waals surface area (Å²) in [6, 6.07) is 11.1. The molecule has 0 saturated heterocycles. The van der Waals surface area contributed by atoms with Crippen molar-refractivity contribution in [3.8, 4) is 5.75 Å². The number of hydrogen-bond acceptors (Lipinski definition) is 3. The molecule has 3 nitrogen and oxygen atoms in total. The van der Waals surface area contributed by atoms with E-state index in [1.807, 2.05) is 6.92 Å². The predicted octanol–water partition coefficient (Wildman–Crippen LogP) is 5.42. The van der Waals surface area contributed by atoms with E-state index in [2.05, 4.69) is 5.16 Å². The first-order valence-electron chi connectivity index (χ1n) is 8.56. The van der Waals surface area contributed by atoms with Crippen molar-refractivity contribution < 1.29 is 27.1 Å². The SMILES string of the molecule is CC(=NOCCOc1cccc(C(F)(F)F)c1)[C@H]1C[C@H]1c1ccc(F)cc1. The molecular formula is C20H19F4NO2. The first kappa shape index (κ1) is 19.2. The maximum atomic E-state index is 13.0. The zero-order chi connectivity index (χ0) is 19.4. The topological polar surface area (TPSA) is 30.8 Å². The molecule has 0 bridgehead atoms. The number of halogens is 4. The summed E-state index contributed by atoms with van der Waals surface area (Å²) in [6.07, 6.45) is -3.46. The second kappa shape index (κ2) is 7.98. The van der Waals surface area contributed by atoms with E-state index in [0.717, 1.165) is 29.8 Å². The van der Waals surface area contributed by atoms with Crippen molar-refractivity contribution in [3.05, 3.63) is 65.5 Å². The third kappa shape index (κ3) is 5.21. The number of benzene rings is 2. The predicted molar refractivity (Wildman–Crippen MR) is 93.2 cm³/mol. The van der Waals surface area contributed by atoms with Crippen LogP contribution in [0.5, 0.6) is 5.75 Å². The van der Waals surface area contributed by atoms with E-state index < -0.39 is 11.7 Å². The molecule has 2 aromatic carbocycles. The van der Waals surface area contributed by atoms with E-state index in [1.165, 1.54) is 24.3 Å². The zero-order valence-corrected chi connectivity index (χ0v) is 14.7. The normalized spacial score (nSPS) is 19.7. The third-order valence-corrected chi connectivity index (χ3v) is 4.44. The van der Waals surface area contributed by atoms with Crippen LogP contribution in [0.2, 0.25) is 0 Å². The van der Waals surface area contributed by atoms with Crippen LogP contribution in [0.4, 0.5) is 17.6 Å². The van der Waals surface area contributed by atoms with E-state index in [-0.39, 0.29) is 30.7 Å². The molecule has 0 unspecified atom stereocenters. The highest BCUT2D eigenvalue weighted by atomic mass is 19.4. The van der Waals surface area contributed by atoms with Gasteiger partial charge in [-0.25, -0.2) is 4.39 Å². The number of ether oxygens (including phenoxy) is 1. The largest absolute Gasteiger partial charge is 0.490 e. The summed E-state index contributed by atoms with van der Waals surface area (Å²) in [6.45, 7) is 2.08. The highest BCUT2D eigenvalue weighted by Crippen LogP contribution is 2.48. The molecule has 1 fully saturated rings. The Morgan fingerprint density at radius 1 is 1.11 bits per heavy atom. The molecule has 2 atom stereocenters. The number of nitrogens with zero attached hydrogens (tertiary/aromatic N) is 1. The summed E-state index contributed by atoms with van der Waals surface area (Å²) >= 11 is 0. The Bertz CT molecular complexity index is 802. The molecule has 0 aromatic heterocycles. The van der Waals surface area contributed by atoms with Gasteiger partial charge in [0.05, 0.1) is 11.3 Å². The lowest BCUT2D eigenvalue weighted by Gasteiger charge is -2.10. The summed E-state index contributed by atoms with van der Waals surface area (Å²) in [5, 5.41) is 4.05. The molecule has 3 rings (SSSR count). The van der Waals surface area contributed by atoms with Gasteiger partial charge in [0.1, 0.15) is 18.2 Å². The molecule has 0 aliphatic heterocycles. The molecule has 144 valence electrons. The molecule has 0 amide bonds. The minimum atomic E-state index is -4.40. The standard InChI is InChI=1S/C20H19F4NO2/c1-13(18-12-19(18)14-5-7-16(21)8-6-14)25-27-10-9-26-17-4-2-3-15(11-17)20(22,23)24/h2-8,11,18-19H,9-10,12H2,1H3/t18-,19+/m1/s1. The molecule has 0 radical (unpaired) electrons. The maximum absolute atomic E-state index is 13.0. The summed E-state index contributed by atoms with van der Waals surface area (Å²) < 4.78 is 56.1. The van der Waals surface area contributed by atoms with E-state index in [0.29, 0.717) is 5.92 Å². The first-order chi connectivity index (χ1) is 12.8. The maximum Gasteiger partial charge on any atom is 0.416 e.